The van der Waals surface area contributed by atoms with E-state index in [-0.39, 0.29) is 18.7 Å². The Bertz CT molecular complexity index is 902. The van der Waals surface area contributed by atoms with Crippen LogP contribution in [0.2, 0.25) is 0 Å². The average molecular weight is 398 g/mol. The summed E-state index contributed by atoms with van der Waals surface area (Å²) >= 11 is 7.08. The van der Waals surface area contributed by atoms with Gasteiger partial charge in [0.1, 0.15) is 11.8 Å². The minimum Gasteiger partial charge on any atom is -0.452 e. The lowest BCUT2D eigenvalue weighted by atomic mass is 10.0. The van der Waals surface area contributed by atoms with E-state index in [1.807, 2.05) is 65.6 Å². The van der Waals surface area contributed by atoms with Crippen molar-refractivity contribution in [3.8, 4) is 0 Å². The molecule has 27 heavy (non-hydrogen) atoms. The zero-order valence-electron chi connectivity index (χ0n) is 14.5. The Morgan fingerprint density at radius 2 is 1.93 bits per heavy atom. The molecule has 0 radical (unpaired) electrons. The highest BCUT2D eigenvalue weighted by atomic mass is 32.2. The Kier molecular flexibility index (Phi) is 5.42. The first-order valence-electron chi connectivity index (χ1n) is 8.68. The lowest BCUT2D eigenvalue weighted by Crippen LogP contribution is -2.32. The molecule has 1 fully saturated rings. The average Bonchev–Trinajstić information content (AvgIpc) is 3.28. The molecule has 0 saturated carbocycles. The van der Waals surface area contributed by atoms with Gasteiger partial charge in [0.2, 0.25) is 0 Å². The highest BCUT2D eigenvalue weighted by Gasteiger charge is 2.41. The number of nitrogens with one attached hydrogen (secondary N) is 1. The number of aliphatic hydroxyl groups is 1. The number of benzene rings is 1. The van der Waals surface area contributed by atoms with Gasteiger partial charge in [-0.25, -0.2) is 0 Å². The van der Waals surface area contributed by atoms with Crippen LogP contribution in [0.4, 0.5) is 0 Å². The molecular weight excluding hydrogens is 378 g/mol. The van der Waals surface area contributed by atoms with Gasteiger partial charge in [-0.1, -0.05) is 36.0 Å². The number of thiocarbonyl (C=S) groups is 1. The number of aliphatic hydroxyl groups excluding tert-OH is 1. The van der Waals surface area contributed by atoms with Crippen LogP contribution in [0.15, 0.2) is 81.3 Å². The van der Waals surface area contributed by atoms with Crippen LogP contribution < -0.4 is 5.32 Å². The minimum absolute atomic E-state index is 0.0135. The molecule has 7 heteroatoms. The molecule has 138 valence electrons. The second kappa shape index (κ2) is 8.12. The van der Waals surface area contributed by atoms with Crippen molar-refractivity contribution in [1.82, 2.24) is 15.2 Å². The Hall–Kier alpha value is -2.35. The highest BCUT2D eigenvalue weighted by molar-refractivity contribution is 7.99. The molecule has 2 aromatic heterocycles. The third-order valence-corrected chi connectivity index (χ3v) is 5.67. The number of hydrogen-bond acceptors (Lipinski definition) is 5. The fourth-order valence-electron chi connectivity index (χ4n) is 3.22. The number of rotatable bonds is 6. The van der Waals surface area contributed by atoms with Crippen molar-refractivity contribution in [3.05, 3.63) is 78.3 Å². The van der Waals surface area contributed by atoms with E-state index in [0.29, 0.717) is 11.7 Å². The van der Waals surface area contributed by atoms with Crippen molar-refractivity contribution in [2.45, 2.75) is 22.1 Å². The van der Waals surface area contributed by atoms with Crippen LogP contribution in [0.25, 0.3) is 0 Å². The lowest BCUT2D eigenvalue weighted by Gasteiger charge is -2.25. The van der Waals surface area contributed by atoms with E-state index in [2.05, 4.69) is 10.3 Å². The predicted molar refractivity (Wildman–Crippen MR) is 109 cm³/mol. The smallest absolute Gasteiger partial charge is 0.170 e. The highest BCUT2D eigenvalue weighted by Crippen LogP contribution is 2.40. The van der Waals surface area contributed by atoms with Crippen molar-refractivity contribution in [2.24, 2.45) is 0 Å². The summed E-state index contributed by atoms with van der Waals surface area (Å²) in [7, 11) is 0. The predicted octanol–water partition coefficient (Wildman–Crippen LogP) is 3.79. The molecule has 2 N–H and O–H groups in total. The standard InChI is InChI=1S/C20H19N3O2S2/c24-13-12-23-19(18(22-20(23)26)15-8-4-5-11-21-15)16-9-10-17(25-16)27-14-6-2-1-3-7-14/h1-11,18-19,24H,12-13H2,(H,22,26). The van der Waals surface area contributed by atoms with Crippen molar-refractivity contribution in [3.63, 3.8) is 0 Å². The zero-order valence-corrected chi connectivity index (χ0v) is 16.1. The van der Waals surface area contributed by atoms with Crippen LogP contribution in [0.3, 0.4) is 0 Å². The van der Waals surface area contributed by atoms with E-state index in [0.717, 1.165) is 21.4 Å². The first kappa shape index (κ1) is 18.0. The second-order valence-corrected chi connectivity index (χ2v) is 7.58. The molecular formula is C20H19N3O2S2. The summed E-state index contributed by atoms with van der Waals surface area (Å²) in [6.45, 7) is 0.446. The third-order valence-electron chi connectivity index (χ3n) is 4.39. The Morgan fingerprint density at radius 1 is 1.11 bits per heavy atom. The Labute approximate surface area is 167 Å². The number of β-amino-alcohol motifs (C(OH)–C–C–N with tert-alkyl or cyclic N) is 1. The van der Waals surface area contributed by atoms with Gasteiger partial charge in [-0.3, -0.25) is 4.98 Å². The maximum atomic E-state index is 9.49. The summed E-state index contributed by atoms with van der Waals surface area (Å²) in [6.07, 6.45) is 1.77. The van der Waals surface area contributed by atoms with Gasteiger partial charge < -0.3 is 19.7 Å². The summed E-state index contributed by atoms with van der Waals surface area (Å²) < 4.78 is 6.16. The van der Waals surface area contributed by atoms with Gasteiger partial charge in [-0.2, -0.15) is 0 Å². The first-order valence-corrected chi connectivity index (χ1v) is 9.90. The summed E-state index contributed by atoms with van der Waals surface area (Å²) in [4.78, 5) is 7.56. The molecule has 5 nitrogen and oxygen atoms in total. The maximum Gasteiger partial charge on any atom is 0.170 e. The second-order valence-electron chi connectivity index (χ2n) is 6.12. The van der Waals surface area contributed by atoms with Gasteiger partial charge >= 0.3 is 0 Å². The zero-order chi connectivity index (χ0) is 18.6. The number of pyridine rings is 1. The van der Waals surface area contributed by atoms with Gasteiger partial charge in [0.15, 0.2) is 10.2 Å². The van der Waals surface area contributed by atoms with E-state index >= 15 is 0 Å². The van der Waals surface area contributed by atoms with Crippen molar-refractivity contribution < 1.29 is 9.52 Å². The van der Waals surface area contributed by atoms with Crippen LogP contribution in [0, 0.1) is 0 Å². The van der Waals surface area contributed by atoms with Crippen molar-refractivity contribution in [1.29, 1.82) is 0 Å². The Balaban J connectivity index is 1.64. The van der Waals surface area contributed by atoms with Gasteiger partial charge in [0.25, 0.3) is 0 Å². The van der Waals surface area contributed by atoms with E-state index in [4.69, 9.17) is 16.6 Å². The Morgan fingerprint density at radius 3 is 2.67 bits per heavy atom. The van der Waals surface area contributed by atoms with Crippen LogP contribution in [-0.4, -0.2) is 33.3 Å². The summed E-state index contributed by atoms with van der Waals surface area (Å²) in [5, 5.41) is 14.2. The number of nitrogens with zero attached hydrogens (tertiary/aromatic N) is 2. The number of hydrogen-bond donors (Lipinski definition) is 2. The molecule has 2 atom stereocenters. The topological polar surface area (TPSA) is 61.5 Å². The van der Waals surface area contributed by atoms with E-state index in [1.54, 1.807) is 18.0 Å². The molecule has 1 aromatic carbocycles. The normalized spacial score (nSPS) is 19.3. The van der Waals surface area contributed by atoms with Crippen LogP contribution in [0.5, 0.6) is 0 Å². The van der Waals surface area contributed by atoms with Gasteiger partial charge in [-0.15, -0.1) is 0 Å². The van der Waals surface area contributed by atoms with Gasteiger partial charge in [0, 0.05) is 17.6 Å². The monoisotopic (exact) mass is 397 g/mol. The van der Waals surface area contributed by atoms with Gasteiger partial charge in [0.05, 0.1) is 18.3 Å². The molecule has 0 amide bonds. The quantitative estimate of drug-likeness (QED) is 0.614. The van der Waals surface area contributed by atoms with E-state index in [1.165, 1.54) is 0 Å². The van der Waals surface area contributed by atoms with Crippen LogP contribution >= 0.6 is 24.0 Å². The molecule has 3 heterocycles. The summed E-state index contributed by atoms with van der Waals surface area (Å²) in [5.41, 5.74) is 0.888. The SMILES string of the molecule is OCCN1C(=S)NC(c2ccccn2)C1c1ccc(Sc2ccccc2)o1. The summed E-state index contributed by atoms with van der Waals surface area (Å²) in [5.74, 6) is 0.796. The van der Waals surface area contributed by atoms with Crippen LogP contribution in [0.1, 0.15) is 23.5 Å². The fourth-order valence-corrected chi connectivity index (χ4v) is 4.35. The largest absolute Gasteiger partial charge is 0.452 e. The first-order chi connectivity index (χ1) is 13.3. The number of aromatic nitrogens is 1. The van der Waals surface area contributed by atoms with Crippen molar-refractivity contribution >= 4 is 29.1 Å². The maximum absolute atomic E-state index is 9.49. The van der Waals surface area contributed by atoms with E-state index < -0.39 is 0 Å². The molecule has 1 aliphatic heterocycles. The van der Waals surface area contributed by atoms with Crippen molar-refractivity contribution in [2.75, 3.05) is 13.2 Å². The fraction of sp³-hybridized carbons (Fsp3) is 0.200. The summed E-state index contributed by atoms with van der Waals surface area (Å²) in [6, 6.07) is 19.6. The van der Waals surface area contributed by atoms with Gasteiger partial charge in [-0.05, 0) is 48.6 Å². The lowest BCUT2D eigenvalue weighted by molar-refractivity contribution is 0.204. The van der Waals surface area contributed by atoms with Crippen LogP contribution in [-0.2, 0) is 0 Å². The molecule has 4 rings (SSSR count). The molecule has 0 aliphatic carbocycles. The molecule has 0 bridgehead atoms. The molecule has 0 spiro atoms. The molecule has 1 saturated heterocycles. The van der Waals surface area contributed by atoms with E-state index in [9.17, 15) is 5.11 Å². The molecule has 3 aromatic rings. The number of furan rings is 1. The third kappa shape index (κ3) is 3.85. The molecule has 2 unspecified atom stereocenters. The molecule has 1 aliphatic rings. The minimum atomic E-state index is -0.162.